The summed E-state index contributed by atoms with van der Waals surface area (Å²) in [5.74, 6) is 1.28. The number of aliphatic carboxylic acids is 1. The van der Waals surface area contributed by atoms with Crippen molar-refractivity contribution in [1.29, 1.82) is 0 Å². The van der Waals surface area contributed by atoms with Crippen LogP contribution in [0.15, 0.2) is 24.3 Å². The van der Waals surface area contributed by atoms with E-state index in [0.29, 0.717) is 16.9 Å². The third-order valence-electron chi connectivity index (χ3n) is 10.2. The zero-order valence-corrected chi connectivity index (χ0v) is 22.2. The predicted octanol–water partition coefficient (Wildman–Crippen LogP) is 6.22. The van der Waals surface area contributed by atoms with Crippen LogP contribution in [0.2, 0.25) is 0 Å². The fourth-order valence-electron chi connectivity index (χ4n) is 7.43. The van der Waals surface area contributed by atoms with Crippen molar-refractivity contribution in [2.24, 2.45) is 22.2 Å². The summed E-state index contributed by atoms with van der Waals surface area (Å²) in [6.07, 6.45) is 11.2. The lowest BCUT2D eigenvalue weighted by Gasteiger charge is -2.53. The second kappa shape index (κ2) is 9.61. The number of hydrogen-bond donors (Lipinski definition) is 1. The summed E-state index contributed by atoms with van der Waals surface area (Å²) in [7, 11) is 0. The van der Waals surface area contributed by atoms with Gasteiger partial charge in [-0.3, -0.25) is 9.69 Å². The Morgan fingerprint density at radius 3 is 2.00 bits per heavy atom. The van der Waals surface area contributed by atoms with Gasteiger partial charge in [0.15, 0.2) is 0 Å². The molecule has 1 N–H and O–H groups in total. The number of rotatable bonds is 6. The van der Waals surface area contributed by atoms with Crippen LogP contribution in [0.4, 0.5) is 5.69 Å². The molecule has 5 aliphatic rings. The number of nitrogens with zero attached hydrogens (tertiary/aromatic N) is 2. The van der Waals surface area contributed by atoms with Crippen LogP contribution in [-0.4, -0.2) is 54.8 Å². The summed E-state index contributed by atoms with van der Waals surface area (Å²) in [6.45, 7) is 12.6. The lowest BCUT2D eigenvalue weighted by molar-refractivity contribution is -0.159. The van der Waals surface area contributed by atoms with Crippen LogP contribution in [-0.2, 0) is 4.79 Å². The number of fused-ring (bicyclic) bond motifs is 3. The maximum atomic E-state index is 11.7. The Kier molecular flexibility index (Phi) is 6.84. The minimum atomic E-state index is -0.552. The maximum absolute atomic E-state index is 11.7. The number of carboxylic acids is 1. The monoisotopic (exact) mass is 482 g/mol. The Morgan fingerprint density at radius 2 is 1.49 bits per heavy atom. The van der Waals surface area contributed by atoms with Gasteiger partial charge in [0, 0.05) is 38.4 Å². The molecule has 0 unspecified atom stereocenters. The van der Waals surface area contributed by atoms with E-state index in [4.69, 9.17) is 4.74 Å². The number of piperazine rings is 1. The molecule has 0 radical (unpaired) electrons. The number of carbonyl (C=O) groups is 1. The first-order chi connectivity index (χ1) is 16.7. The Morgan fingerprint density at radius 1 is 0.914 bits per heavy atom. The van der Waals surface area contributed by atoms with E-state index in [0.717, 1.165) is 82.9 Å². The van der Waals surface area contributed by atoms with E-state index in [9.17, 15) is 9.90 Å². The van der Waals surface area contributed by atoms with Crippen LogP contribution >= 0.6 is 0 Å². The molecule has 5 heteroatoms. The first-order valence-electron chi connectivity index (χ1n) is 14.1. The number of benzene rings is 1. The number of carboxylic acid groups (broad SMARTS) is 1. The van der Waals surface area contributed by atoms with Crippen LogP contribution in [0, 0.1) is 22.2 Å². The molecule has 194 valence electrons. The van der Waals surface area contributed by atoms with E-state index in [1.165, 1.54) is 31.4 Å². The Balaban J connectivity index is 1.07. The van der Waals surface area contributed by atoms with Gasteiger partial charge in [-0.25, -0.2) is 0 Å². The molecule has 6 rings (SSSR count). The SMILES string of the molecule is CC(C)(C)[C@H]1CC[C@H](Oc2ccc(N3CCN(CC45CCC(C(=O)O)(CC4)CC5)CC3)cc2)CC1. The van der Waals surface area contributed by atoms with Crippen LogP contribution in [0.1, 0.15) is 85.0 Å². The standard InChI is InChI=1S/C30H46N2O3/c1-28(2,3)23-4-8-25(9-5-23)35-26-10-6-24(7-11-26)32-20-18-31(19-21-32)22-29-12-15-30(16-13-29,17-14-29)27(33)34/h6-7,10-11,23,25H,4-5,8-9,12-22H2,1-3H3,(H,33,34)/t23-,25-,29?,30?. The van der Waals surface area contributed by atoms with Gasteiger partial charge in [-0.1, -0.05) is 20.8 Å². The van der Waals surface area contributed by atoms with Crippen molar-refractivity contribution in [3.63, 3.8) is 0 Å². The summed E-state index contributed by atoms with van der Waals surface area (Å²) >= 11 is 0. The molecule has 5 fully saturated rings. The van der Waals surface area contributed by atoms with E-state index in [2.05, 4.69) is 54.8 Å². The van der Waals surface area contributed by atoms with E-state index in [-0.39, 0.29) is 0 Å². The van der Waals surface area contributed by atoms with Crippen LogP contribution < -0.4 is 9.64 Å². The number of hydrogen-bond acceptors (Lipinski definition) is 4. The van der Waals surface area contributed by atoms with Crippen molar-refractivity contribution in [1.82, 2.24) is 4.90 Å². The van der Waals surface area contributed by atoms with Gasteiger partial charge in [0.05, 0.1) is 11.5 Å². The fraction of sp³-hybridized carbons (Fsp3) is 0.767. The van der Waals surface area contributed by atoms with Gasteiger partial charge in [0.25, 0.3) is 0 Å². The molecular weight excluding hydrogens is 436 g/mol. The lowest BCUT2D eigenvalue weighted by atomic mass is 9.53. The molecule has 1 heterocycles. The Hall–Kier alpha value is -1.75. The van der Waals surface area contributed by atoms with Crippen LogP contribution in [0.3, 0.4) is 0 Å². The van der Waals surface area contributed by atoms with E-state index < -0.39 is 11.4 Å². The van der Waals surface area contributed by atoms with Crippen molar-refractivity contribution in [3.05, 3.63) is 24.3 Å². The van der Waals surface area contributed by atoms with Gasteiger partial charge in [0.2, 0.25) is 0 Å². The molecule has 4 aliphatic carbocycles. The highest BCUT2D eigenvalue weighted by Crippen LogP contribution is 2.57. The molecule has 0 atom stereocenters. The van der Waals surface area contributed by atoms with Crippen molar-refractivity contribution in [2.75, 3.05) is 37.6 Å². The molecule has 0 amide bonds. The molecule has 35 heavy (non-hydrogen) atoms. The van der Waals surface area contributed by atoms with Gasteiger partial charge in [0.1, 0.15) is 5.75 Å². The second-order valence-electron chi connectivity index (χ2n) is 13.3. The third kappa shape index (κ3) is 5.35. The summed E-state index contributed by atoms with van der Waals surface area (Å²) < 4.78 is 6.35. The first-order valence-corrected chi connectivity index (χ1v) is 14.1. The minimum absolute atomic E-state index is 0.364. The lowest BCUT2D eigenvalue weighted by Crippen LogP contribution is -2.54. The average molecular weight is 483 g/mol. The molecular formula is C30H46N2O3. The van der Waals surface area contributed by atoms with Gasteiger partial charge >= 0.3 is 5.97 Å². The van der Waals surface area contributed by atoms with E-state index in [1.807, 2.05) is 0 Å². The largest absolute Gasteiger partial charge is 0.490 e. The molecule has 0 aromatic heterocycles. The molecule has 5 nitrogen and oxygen atoms in total. The smallest absolute Gasteiger partial charge is 0.309 e. The highest BCUT2D eigenvalue weighted by molar-refractivity contribution is 5.75. The molecule has 0 spiro atoms. The molecule has 1 aromatic rings. The minimum Gasteiger partial charge on any atom is -0.490 e. The Labute approximate surface area is 212 Å². The van der Waals surface area contributed by atoms with Gasteiger partial charge in [-0.15, -0.1) is 0 Å². The van der Waals surface area contributed by atoms with Crippen molar-refractivity contribution in [2.45, 2.75) is 91.1 Å². The molecule has 1 saturated heterocycles. The zero-order valence-electron chi connectivity index (χ0n) is 22.2. The summed E-state index contributed by atoms with van der Waals surface area (Å²) in [5.41, 5.74) is 1.68. The van der Waals surface area contributed by atoms with Crippen molar-refractivity contribution >= 4 is 11.7 Å². The van der Waals surface area contributed by atoms with E-state index >= 15 is 0 Å². The molecule has 2 bridgehead atoms. The van der Waals surface area contributed by atoms with E-state index in [1.54, 1.807) is 0 Å². The Bertz CT molecular complexity index is 849. The molecule has 1 aliphatic heterocycles. The third-order valence-corrected chi connectivity index (χ3v) is 10.2. The average Bonchev–Trinajstić information content (AvgIpc) is 2.86. The zero-order chi connectivity index (χ0) is 24.7. The number of ether oxygens (including phenoxy) is 1. The summed E-state index contributed by atoms with van der Waals surface area (Å²) in [6, 6.07) is 8.79. The topological polar surface area (TPSA) is 53.0 Å². The number of anilines is 1. The van der Waals surface area contributed by atoms with Crippen LogP contribution in [0.5, 0.6) is 5.75 Å². The normalized spacial score (nSPS) is 34.1. The second-order valence-corrected chi connectivity index (χ2v) is 13.3. The quantitative estimate of drug-likeness (QED) is 0.522. The van der Waals surface area contributed by atoms with Gasteiger partial charge in [-0.05, 0) is 105 Å². The van der Waals surface area contributed by atoms with Crippen molar-refractivity contribution in [3.8, 4) is 5.75 Å². The fourth-order valence-corrected chi connectivity index (χ4v) is 7.43. The predicted molar refractivity (Wildman–Crippen MR) is 141 cm³/mol. The molecule has 4 saturated carbocycles. The highest BCUT2D eigenvalue weighted by atomic mass is 16.5. The van der Waals surface area contributed by atoms with Crippen LogP contribution in [0.25, 0.3) is 0 Å². The highest BCUT2D eigenvalue weighted by Gasteiger charge is 2.52. The maximum Gasteiger partial charge on any atom is 0.309 e. The summed E-state index contributed by atoms with van der Waals surface area (Å²) in [4.78, 5) is 16.9. The first kappa shape index (κ1) is 24.9. The van der Waals surface area contributed by atoms with Gasteiger partial charge < -0.3 is 14.7 Å². The van der Waals surface area contributed by atoms with Gasteiger partial charge in [-0.2, -0.15) is 0 Å². The molecule has 1 aromatic carbocycles. The summed E-state index contributed by atoms with van der Waals surface area (Å²) in [5, 5.41) is 9.67. The van der Waals surface area contributed by atoms with Crippen molar-refractivity contribution < 1.29 is 14.6 Å².